The molecule has 0 unspecified atom stereocenters. The van der Waals surface area contributed by atoms with Crippen molar-refractivity contribution in [3.05, 3.63) is 41.7 Å². The molecule has 4 heterocycles. The zero-order valence-electron chi connectivity index (χ0n) is 20.7. The van der Waals surface area contributed by atoms with Gasteiger partial charge < -0.3 is 24.7 Å². The third-order valence-electron chi connectivity index (χ3n) is 5.24. The van der Waals surface area contributed by atoms with E-state index in [0.717, 1.165) is 6.20 Å². The summed E-state index contributed by atoms with van der Waals surface area (Å²) in [6.45, 7) is 9.35. The first kappa shape index (κ1) is 25.5. The monoisotopic (exact) mass is 505 g/mol. The van der Waals surface area contributed by atoms with Gasteiger partial charge in [0, 0.05) is 6.07 Å². The van der Waals surface area contributed by atoms with Crippen molar-refractivity contribution in [1.82, 2.24) is 25.1 Å². The molecular weight excluding hydrogens is 476 g/mol. The zero-order valence-corrected chi connectivity index (χ0v) is 20.7. The zero-order chi connectivity index (χ0) is 26.0. The lowest BCUT2D eigenvalue weighted by molar-refractivity contribution is -0.141. The molecule has 0 spiro atoms. The molecule has 11 nitrogen and oxygen atoms in total. The predicted molar refractivity (Wildman–Crippen MR) is 126 cm³/mol. The lowest BCUT2D eigenvalue weighted by atomic mass is 10.2. The third-order valence-corrected chi connectivity index (χ3v) is 5.24. The molecule has 0 aromatic carbocycles. The number of halogens is 2. The Bertz CT molecular complexity index is 1190. The normalized spacial score (nSPS) is 17.8. The van der Waals surface area contributed by atoms with Crippen LogP contribution in [-0.4, -0.2) is 56.4 Å². The molecule has 4 rings (SSSR count). The number of nitrogens with zero attached hydrogens (tertiary/aromatic N) is 5. The average molecular weight is 506 g/mol. The molecule has 1 fully saturated rings. The van der Waals surface area contributed by atoms with Crippen LogP contribution in [0.2, 0.25) is 0 Å². The van der Waals surface area contributed by atoms with Crippen LogP contribution >= 0.6 is 0 Å². The Balaban J connectivity index is 1.68. The van der Waals surface area contributed by atoms with Crippen LogP contribution < -0.4 is 20.1 Å². The molecule has 13 heteroatoms. The van der Waals surface area contributed by atoms with Crippen molar-refractivity contribution in [3.63, 3.8) is 0 Å². The summed E-state index contributed by atoms with van der Waals surface area (Å²) >= 11 is 0. The number of aromatic nitrogens is 5. The fraction of sp³-hybridized carbons (Fsp3) is 0.478. The van der Waals surface area contributed by atoms with E-state index in [-0.39, 0.29) is 31.1 Å². The summed E-state index contributed by atoms with van der Waals surface area (Å²) < 4.78 is 50.9. The standard InChI is InChI=1S/C23H29F2N7O4/c1-12(2)35-18-8-17(30-31-18)32(13(3)16-7-6-14(24)9-27-16)22-28-20(26)19(25)21(29-22)33-10-15-11-34-23(4,5)36-15/h6-9,12-13,15H,10-11H2,1-5H3,(H,30,31)(H2,26,28,29)/t13-,15+/m0/s1. The highest BCUT2D eigenvalue weighted by molar-refractivity contribution is 5.58. The molecule has 1 aliphatic heterocycles. The summed E-state index contributed by atoms with van der Waals surface area (Å²) in [4.78, 5) is 14.1. The van der Waals surface area contributed by atoms with Crippen LogP contribution in [0.25, 0.3) is 0 Å². The number of aromatic amines is 1. The number of rotatable bonds is 9. The van der Waals surface area contributed by atoms with Gasteiger partial charge in [0.2, 0.25) is 17.6 Å². The highest BCUT2D eigenvalue weighted by Gasteiger charge is 2.34. The summed E-state index contributed by atoms with van der Waals surface area (Å²) in [7, 11) is 0. The van der Waals surface area contributed by atoms with Crippen LogP contribution in [0.1, 0.15) is 46.4 Å². The molecule has 0 bridgehead atoms. The van der Waals surface area contributed by atoms with E-state index in [4.69, 9.17) is 24.7 Å². The number of nitrogen functional groups attached to an aromatic ring is 1. The summed E-state index contributed by atoms with van der Waals surface area (Å²) in [5.41, 5.74) is 6.37. The molecule has 3 aromatic rings. The maximum absolute atomic E-state index is 14.8. The van der Waals surface area contributed by atoms with Gasteiger partial charge in [0.1, 0.15) is 18.5 Å². The van der Waals surface area contributed by atoms with E-state index in [1.165, 1.54) is 12.1 Å². The smallest absolute Gasteiger partial charge is 0.257 e. The number of H-pyrrole nitrogens is 1. The summed E-state index contributed by atoms with van der Waals surface area (Å²) in [6.07, 6.45) is 0.577. The predicted octanol–water partition coefficient (Wildman–Crippen LogP) is 3.67. The maximum Gasteiger partial charge on any atom is 0.257 e. The molecule has 2 atom stereocenters. The van der Waals surface area contributed by atoms with Crippen molar-refractivity contribution in [3.8, 4) is 11.8 Å². The Morgan fingerprint density at radius 3 is 2.67 bits per heavy atom. The highest BCUT2D eigenvalue weighted by Crippen LogP contribution is 2.35. The Kier molecular flexibility index (Phi) is 7.22. The van der Waals surface area contributed by atoms with Gasteiger partial charge in [0.15, 0.2) is 17.4 Å². The first-order valence-electron chi connectivity index (χ1n) is 11.4. The van der Waals surface area contributed by atoms with Crippen molar-refractivity contribution in [2.45, 2.75) is 58.7 Å². The van der Waals surface area contributed by atoms with Gasteiger partial charge in [-0.25, -0.2) is 9.49 Å². The van der Waals surface area contributed by atoms with E-state index in [2.05, 4.69) is 25.1 Å². The van der Waals surface area contributed by atoms with Crippen molar-refractivity contribution in [2.24, 2.45) is 0 Å². The van der Waals surface area contributed by atoms with Crippen molar-refractivity contribution in [1.29, 1.82) is 0 Å². The number of pyridine rings is 1. The Hall–Kier alpha value is -3.58. The van der Waals surface area contributed by atoms with Gasteiger partial charge in [0.05, 0.1) is 30.6 Å². The van der Waals surface area contributed by atoms with Crippen LogP contribution in [-0.2, 0) is 9.47 Å². The number of nitrogens with two attached hydrogens (primary N) is 1. The second kappa shape index (κ2) is 10.2. The van der Waals surface area contributed by atoms with E-state index in [0.29, 0.717) is 17.4 Å². The van der Waals surface area contributed by atoms with Crippen molar-refractivity contribution in [2.75, 3.05) is 23.8 Å². The van der Waals surface area contributed by atoms with Gasteiger partial charge in [-0.1, -0.05) is 0 Å². The van der Waals surface area contributed by atoms with E-state index < -0.39 is 35.4 Å². The van der Waals surface area contributed by atoms with Gasteiger partial charge in [-0.3, -0.25) is 9.88 Å². The lowest BCUT2D eigenvalue weighted by Crippen LogP contribution is -2.27. The number of anilines is 3. The molecule has 0 aliphatic carbocycles. The summed E-state index contributed by atoms with van der Waals surface area (Å²) in [5.74, 6) is -2.19. The van der Waals surface area contributed by atoms with Crippen LogP contribution in [0.3, 0.4) is 0 Å². The molecule has 36 heavy (non-hydrogen) atoms. The lowest BCUT2D eigenvalue weighted by Gasteiger charge is -2.27. The largest absolute Gasteiger partial charge is 0.475 e. The van der Waals surface area contributed by atoms with Crippen molar-refractivity contribution >= 4 is 17.6 Å². The quantitative estimate of drug-likeness (QED) is 0.444. The number of hydrogen-bond donors (Lipinski definition) is 2. The summed E-state index contributed by atoms with van der Waals surface area (Å²) in [5, 5.41) is 7.10. The van der Waals surface area contributed by atoms with Crippen LogP contribution in [0, 0.1) is 11.6 Å². The fourth-order valence-electron chi connectivity index (χ4n) is 3.62. The third kappa shape index (κ3) is 5.79. The first-order chi connectivity index (χ1) is 17.0. The number of ether oxygens (including phenoxy) is 4. The van der Waals surface area contributed by atoms with Crippen LogP contribution in [0.5, 0.6) is 11.8 Å². The van der Waals surface area contributed by atoms with Gasteiger partial charge in [-0.15, -0.1) is 0 Å². The van der Waals surface area contributed by atoms with Crippen LogP contribution in [0.15, 0.2) is 24.4 Å². The topological polar surface area (TPSA) is 134 Å². The van der Waals surface area contributed by atoms with Crippen LogP contribution in [0.4, 0.5) is 26.4 Å². The first-order valence-corrected chi connectivity index (χ1v) is 11.4. The average Bonchev–Trinajstić information content (AvgIpc) is 3.40. The van der Waals surface area contributed by atoms with Gasteiger partial charge >= 0.3 is 0 Å². The summed E-state index contributed by atoms with van der Waals surface area (Å²) in [6, 6.07) is 3.88. The Morgan fingerprint density at radius 2 is 2.03 bits per heavy atom. The van der Waals surface area contributed by atoms with Crippen molar-refractivity contribution < 1.29 is 27.7 Å². The molecular formula is C23H29F2N7O4. The number of nitrogens with one attached hydrogen (secondary N) is 1. The fourth-order valence-corrected chi connectivity index (χ4v) is 3.62. The molecule has 1 saturated heterocycles. The molecule has 3 N–H and O–H groups in total. The molecule has 0 radical (unpaired) electrons. The second-order valence-electron chi connectivity index (χ2n) is 8.99. The molecule has 0 amide bonds. The molecule has 194 valence electrons. The SMILES string of the molecule is CC(C)Oc1cc(N(c2nc(N)c(F)c(OC[C@@H]3COC(C)(C)O3)n2)[C@@H](C)c2ccc(F)cn2)n[nH]1. The second-order valence-corrected chi connectivity index (χ2v) is 8.99. The van der Waals surface area contributed by atoms with Gasteiger partial charge in [0.25, 0.3) is 5.88 Å². The Morgan fingerprint density at radius 1 is 1.25 bits per heavy atom. The number of hydrogen-bond acceptors (Lipinski definition) is 10. The Labute approximate surface area is 206 Å². The molecule has 3 aromatic heterocycles. The van der Waals surface area contributed by atoms with E-state index >= 15 is 0 Å². The molecule has 0 saturated carbocycles. The van der Waals surface area contributed by atoms with E-state index in [1.807, 2.05) is 13.8 Å². The minimum Gasteiger partial charge on any atom is -0.475 e. The highest BCUT2D eigenvalue weighted by atomic mass is 19.1. The van der Waals surface area contributed by atoms with Gasteiger partial charge in [-0.2, -0.15) is 19.5 Å². The minimum atomic E-state index is -0.907. The van der Waals surface area contributed by atoms with Gasteiger partial charge in [-0.05, 0) is 46.8 Å². The maximum atomic E-state index is 14.8. The molecule has 1 aliphatic rings. The minimum absolute atomic E-state index is 0.00552. The van der Waals surface area contributed by atoms with E-state index in [1.54, 1.807) is 31.7 Å². The van der Waals surface area contributed by atoms with E-state index in [9.17, 15) is 8.78 Å².